The van der Waals surface area contributed by atoms with Gasteiger partial charge in [0.2, 0.25) is 0 Å². The largest absolute Gasteiger partial charge is 0.489 e. The third-order valence-corrected chi connectivity index (χ3v) is 6.77. The molecule has 8 heteroatoms. The molecule has 2 heterocycles. The monoisotopic (exact) mass is 552 g/mol. The van der Waals surface area contributed by atoms with Crippen LogP contribution in [0, 0.1) is 6.92 Å². The van der Waals surface area contributed by atoms with Gasteiger partial charge in [-0.2, -0.15) is 0 Å². The highest BCUT2D eigenvalue weighted by Crippen LogP contribution is 2.32. The van der Waals surface area contributed by atoms with Gasteiger partial charge in [-0.3, -0.25) is 14.2 Å². The molecule has 0 bridgehead atoms. The van der Waals surface area contributed by atoms with Crippen LogP contribution in [0.2, 0.25) is 0 Å². The Bertz CT molecular complexity index is 1760. The maximum atomic E-state index is 14.1. The molecule has 0 fully saturated rings. The highest BCUT2D eigenvalue weighted by atomic mass is 16.6. The zero-order valence-electron chi connectivity index (χ0n) is 24.0. The third kappa shape index (κ3) is 6.33. The van der Waals surface area contributed by atoms with E-state index in [-0.39, 0.29) is 17.8 Å². The number of benzene rings is 3. The van der Waals surface area contributed by atoms with E-state index in [0.29, 0.717) is 42.0 Å². The minimum absolute atomic E-state index is 0.220. The first-order chi connectivity index (χ1) is 19.6. The Labute approximate surface area is 239 Å². The van der Waals surface area contributed by atoms with Crippen LogP contribution in [0.1, 0.15) is 38.3 Å². The normalized spacial score (nSPS) is 11.7. The van der Waals surface area contributed by atoms with E-state index in [1.165, 1.54) is 4.57 Å². The molecule has 2 N–H and O–H groups in total. The lowest BCUT2D eigenvalue weighted by atomic mass is 10.1. The van der Waals surface area contributed by atoms with Crippen molar-refractivity contribution in [2.75, 3.05) is 6.54 Å². The van der Waals surface area contributed by atoms with E-state index in [1.807, 2.05) is 79.9 Å². The van der Waals surface area contributed by atoms with Crippen LogP contribution >= 0.6 is 0 Å². The minimum atomic E-state index is -0.671. The van der Waals surface area contributed by atoms with Crippen molar-refractivity contribution in [3.8, 4) is 17.0 Å². The van der Waals surface area contributed by atoms with Gasteiger partial charge in [-0.25, -0.2) is 4.98 Å². The van der Waals surface area contributed by atoms with Crippen molar-refractivity contribution in [1.82, 2.24) is 14.1 Å². The number of carbonyl (C=O) groups is 1. The van der Waals surface area contributed by atoms with Gasteiger partial charge in [0.1, 0.15) is 30.2 Å². The van der Waals surface area contributed by atoms with Crippen molar-refractivity contribution in [3.05, 3.63) is 94.4 Å². The van der Waals surface area contributed by atoms with E-state index >= 15 is 0 Å². The van der Waals surface area contributed by atoms with Crippen LogP contribution in [0.3, 0.4) is 0 Å². The molecule has 41 heavy (non-hydrogen) atoms. The third-order valence-electron chi connectivity index (χ3n) is 6.77. The van der Waals surface area contributed by atoms with Gasteiger partial charge < -0.3 is 19.8 Å². The number of nitrogens with zero attached hydrogens (tertiary/aromatic N) is 3. The number of carbonyl (C=O) groups excluding carboxylic acids is 1. The number of hydrogen-bond acceptors (Lipinski definition) is 6. The smallest absolute Gasteiger partial charge is 0.326 e. The molecule has 0 unspecified atom stereocenters. The molecule has 0 aliphatic heterocycles. The molecule has 0 aliphatic carbocycles. The summed E-state index contributed by atoms with van der Waals surface area (Å²) in [4.78, 5) is 31.8. The topological polar surface area (TPSA) is 101 Å². The van der Waals surface area contributed by atoms with Crippen molar-refractivity contribution >= 4 is 27.9 Å². The van der Waals surface area contributed by atoms with Crippen molar-refractivity contribution in [3.63, 3.8) is 0 Å². The Balaban J connectivity index is 1.65. The second-order valence-corrected chi connectivity index (χ2v) is 11.3. The molecule has 212 valence electrons. The molecular weight excluding hydrogens is 516 g/mol. The van der Waals surface area contributed by atoms with Crippen LogP contribution in [-0.2, 0) is 29.2 Å². The summed E-state index contributed by atoms with van der Waals surface area (Å²) in [6.07, 6.45) is 2.73. The second kappa shape index (κ2) is 11.6. The summed E-state index contributed by atoms with van der Waals surface area (Å²) in [5.74, 6) is 0.200. The molecular formula is C33H36N4O4. The lowest BCUT2D eigenvalue weighted by molar-refractivity contribution is -0.155. The Morgan fingerprint density at radius 1 is 1.00 bits per heavy atom. The summed E-state index contributed by atoms with van der Waals surface area (Å²) < 4.78 is 15.2. The number of aryl methyl sites for hydroxylation is 2. The predicted octanol–water partition coefficient (Wildman–Crippen LogP) is 5.60. The highest BCUT2D eigenvalue weighted by Gasteiger charge is 2.22. The van der Waals surface area contributed by atoms with Gasteiger partial charge in [0.15, 0.2) is 0 Å². The summed E-state index contributed by atoms with van der Waals surface area (Å²) in [5.41, 5.74) is 9.95. The van der Waals surface area contributed by atoms with Crippen molar-refractivity contribution in [2.24, 2.45) is 5.73 Å². The van der Waals surface area contributed by atoms with E-state index in [9.17, 15) is 9.59 Å². The number of hydrogen-bond donors (Lipinski definition) is 1. The standard InChI is InChI=1S/C33H36N4O4/c1-22-11-13-29-27(17-22)35-31(32(39)37(29)20-30(38)41-33(2,3)4)26-19-36(16-8-15-34)28-14-12-24(18-25(26)28)40-21-23-9-6-5-7-10-23/h5-7,9-14,17-19H,8,15-16,20-21,34H2,1-4H3. The van der Waals surface area contributed by atoms with Gasteiger partial charge in [-0.05, 0) is 82.1 Å². The molecule has 0 atom stereocenters. The van der Waals surface area contributed by atoms with Gasteiger partial charge in [0.05, 0.1) is 11.0 Å². The van der Waals surface area contributed by atoms with Gasteiger partial charge in [0.25, 0.3) is 5.56 Å². The maximum Gasteiger partial charge on any atom is 0.326 e. The van der Waals surface area contributed by atoms with E-state index in [2.05, 4.69) is 4.57 Å². The number of esters is 1. The van der Waals surface area contributed by atoms with Crippen LogP contribution in [-0.4, -0.2) is 32.2 Å². The van der Waals surface area contributed by atoms with Gasteiger partial charge in [0, 0.05) is 29.2 Å². The van der Waals surface area contributed by atoms with Crippen LogP contribution in [0.4, 0.5) is 0 Å². The molecule has 0 saturated heterocycles. The minimum Gasteiger partial charge on any atom is -0.489 e. The molecule has 0 radical (unpaired) electrons. The summed E-state index contributed by atoms with van der Waals surface area (Å²) in [6, 6.07) is 21.5. The van der Waals surface area contributed by atoms with E-state index in [4.69, 9.17) is 20.2 Å². The molecule has 0 amide bonds. The fourth-order valence-corrected chi connectivity index (χ4v) is 4.93. The van der Waals surface area contributed by atoms with Crippen molar-refractivity contribution < 1.29 is 14.3 Å². The molecule has 0 spiro atoms. The van der Waals surface area contributed by atoms with Crippen molar-refractivity contribution in [2.45, 2.75) is 59.4 Å². The summed E-state index contributed by atoms with van der Waals surface area (Å²) >= 11 is 0. The van der Waals surface area contributed by atoms with Crippen molar-refractivity contribution in [1.29, 1.82) is 0 Å². The molecule has 8 nitrogen and oxygen atoms in total. The number of nitrogens with two attached hydrogens (primary N) is 1. The molecule has 0 saturated carbocycles. The van der Waals surface area contributed by atoms with Crippen LogP contribution in [0.15, 0.2) is 77.7 Å². The molecule has 5 aromatic rings. The highest BCUT2D eigenvalue weighted by molar-refractivity contribution is 5.97. The van der Waals surface area contributed by atoms with E-state index in [1.54, 1.807) is 20.8 Å². The first-order valence-corrected chi connectivity index (χ1v) is 13.9. The quantitative estimate of drug-likeness (QED) is 0.239. The summed E-state index contributed by atoms with van der Waals surface area (Å²) in [5, 5.41) is 0.841. The predicted molar refractivity (Wildman–Crippen MR) is 162 cm³/mol. The molecule has 0 aliphatic rings. The van der Waals surface area contributed by atoms with Gasteiger partial charge in [-0.15, -0.1) is 0 Å². The SMILES string of the molecule is Cc1ccc2c(c1)nc(-c1cn(CCCN)c3ccc(OCc4ccccc4)cc13)c(=O)n2CC(=O)OC(C)(C)C. The second-order valence-electron chi connectivity index (χ2n) is 11.3. The number of ether oxygens (including phenoxy) is 2. The average Bonchev–Trinajstić information content (AvgIpc) is 3.29. The first kappa shape index (κ1) is 28.1. The number of fused-ring (bicyclic) bond motifs is 2. The molecule has 5 rings (SSSR count). The average molecular weight is 553 g/mol. The first-order valence-electron chi connectivity index (χ1n) is 13.9. The van der Waals surface area contributed by atoms with Gasteiger partial charge in [-0.1, -0.05) is 36.4 Å². The van der Waals surface area contributed by atoms with E-state index in [0.717, 1.165) is 28.5 Å². The van der Waals surface area contributed by atoms with Crippen LogP contribution < -0.4 is 16.0 Å². The number of aromatic nitrogens is 3. The van der Waals surface area contributed by atoms with Crippen LogP contribution in [0.5, 0.6) is 5.75 Å². The Kier molecular flexibility index (Phi) is 7.94. The molecule has 2 aromatic heterocycles. The lowest BCUT2D eigenvalue weighted by Crippen LogP contribution is -2.31. The zero-order valence-corrected chi connectivity index (χ0v) is 24.0. The maximum absolute atomic E-state index is 14.1. The fraction of sp³-hybridized carbons (Fsp3) is 0.303. The fourth-order valence-electron chi connectivity index (χ4n) is 4.93. The summed E-state index contributed by atoms with van der Waals surface area (Å²) in [7, 11) is 0. The summed E-state index contributed by atoms with van der Waals surface area (Å²) in [6.45, 7) is 8.83. The Morgan fingerprint density at radius 3 is 2.49 bits per heavy atom. The van der Waals surface area contributed by atoms with E-state index < -0.39 is 11.6 Å². The Morgan fingerprint density at radius 2 is 1.76 bits per heavy atom. The molecule has 3 aromatic carbocycles. The number of rotatable bonds is 9. The Hall–Kier alpha value is -4.43. The van der Waals surface area contributed by atoms with Gasteiger partial charge >= 0.3 is 5.97 Å². The zero-order chi connectivity index (χ0) is 29.1. The van der Waals surface area contributed by atoms with Crippen LogP contribution in [0.25, 0.3) is 33.2 Å². The lowest BCUT2D eigenvalue weighted by Gasteiger charge is -2.20.